The van der Waals surface area contributed by atoms with Crippen LogP contribution >= 0.6 is 30.1 Å². The first kappa shape index (κ1) is 37.1. The predicted molar refractivity (Wildman–Crippen MR) is 225 cm³/mol. The zero-order chi connectivity index (χ0) is 34.6. The monoisotopic (exact) mass is 790 g/mol. The molecule has 0 aromatic heterocycles. The number of fused-ring (bicyclic) bond motifs is 1. The Morgan fingerprint density at radius 2 is 0.540 bits per heavy atom. The fourth-order valence-electron chi connectivity index (χ4n) is 5.69. The second kappa shape index (κ2) is 21.2. The average molecular weight is 792 g/mol. The number of hydrogen-bond donors (Lipinski definition) is 0. The van der Waals surface area contributed by atoms with Gasteiger partial charge >= 0.3 is 27.9 Å². The zero-order valence-electron chi connectivity index (χ0n) is 27.6. The van der Waals surface area contributed by atoms with Crippen LogP contribution in [0.4, 0.5) is 0 Å². The standard InChI is InChI=1S/2C18H15P.C10H7.BrH.Ni/c2*1-4-10-16(11-5-1)19(17-12-6-2-7-13-17)18-14-8-3-9-15-18;1-2-6-10-8-4-3-7-9(10)5-1;;/h2*1-15H;1-7H;1H;/q;;-1;;+1/p+1. The van der Waals surface area contributed by atoms with Gasteiger partial charge in [0.25, 0.3) is 0 Å². The van der Waals surface area contributed by atoms with Gasteiger partial charge in [-0.1, -0.05) is 121 Å². The van der Waals surface area contributed by atoms with Crippen LogP contribution in [0, 0.1) is 6.07 Å². The van der Waals surface area contributed by atoms with E-state index in [1.807, 2.05) is 24.3 Å². The molecule has 0 amide bonds. The SMILES string of the molecule is [Ni][Br].[c-]1cccc2ccccc12.c1ccc([PH+](c2ccccc2)c2ccccc2)cc1.c1ccc([PH+](c2ccccc2)c2ccccc2)cc1. The molecule has 50 heavy (non-hydrogen) atoms. The molecule has 8 rings (SSSR count). The summed E-state index contributed by atoms with van der Waals surface area (Å²) in [5, 5.41) is 11.1. The Balaban J connectivity index is 0.000000149. The van der Waals surface area contributed by atoms with Gasteiger partial charge in [0.2, 0.25) is 0 Å². The van der Waals surface area contributed by atoms with E-state index in [0.717, 1.165) is 0 Å². The van der Waals surface area contributed by atoms with Crippen molar-refractivity contribution < 1.29 is 13.7 Å². The largest absolute Gasteiger partial charge is 0.147 e. The molecular weight excluding hydrogens is 753 g/mol. The van der Waals surface area contributed by atoms with Crippen LogP contribution < -0.4 is 31.8 Å². The van der Waals surface area contributed by atoms with Crippen molar-refractivity contribution in [1.82, 2.24) is 0 Å². The van der Waals surface area contributed by atoms with E-state index >= 15 is 0 Å². The average Bonchev–Trinajstić information content (AvgIpc) is 3.22. The van der Waals surface area contributed by atoms with Gasteiger partial charge in [-0.3, -0.25) is 0 Å². The van der Waals surface area contributed by atoms with E-state index in [4.69, 9.17) is 0 Å². The third kappa shape index (κ3) is 10.9. The molecular formula is C46H39BrNiP2+. The smallest absolute Gasteiger partial charge is 0.102 e. The van der Waals surface area contributed by atoms with E-state index in [0.29, 0.717) is 0 Å². The van der Waals surface area contributed by atoms with E-state index in [-0.39, 0.29) is 0 Å². The Labute approximate surface area is 314 Å². The van der Waals surface area contributed by atoms with E-state index in [2.05, 4.69) is 234 Å². The molecule has 0 atom stereocenters. The Bertz CT molecular complexity index is 1690. The predicted octanol–water partition coefficient (Wildman–Crippen LogP) is 9.84. The van der Waals surface area contributed by atoms with Crippen molar-refractivity contribution in [3.05, 3.63) is 231 Å². The third-order valence-corrected chi connectivity index (χ3v) is 13.4. The second-order valence-corrected chi connectivity index (χ2v) is 16.2. The molecule has 0 saturated heterocycles. The molecule has 4 heteroatoms. The molecule has 0 fully saturated rings. The van der Waals surface area contributed by atoms with Gasteiger partial charge in [0.15, 0.2) is 0 Å². The molecule has 0 bridgehead atoms. The van der Waals surface area contributed by atoms with Crippen molar-refractivity contribution in [3.8, 4) is 0 Å². The number of rotatable bonds is 6. The summed E-state index contributed by atoms with van der Waals surface area (Å²) >= 11 is 6.25. The van der Waals surface area contributed by atoms with Gasteiger partial charge in [0.05, 0.1) is 15.8 Å². The molecule has 0 aliphatic rings. The summed E-state index contributed by atoms with van der Waals surface area (Å²) in [7, 11) is -1.75. The van der Waals surface area contributed by atoms with E-state index in [1.165, 1.54) is 42.6 Å². The summed E-state index contributed by atoms with van der Waals surface area (Å²) in [5.74, 6) is 0. The molecule has 0 radical (unpaired) electrons. The van der Waals surface area contributed by atoms with Crippen LogP contribution in [0.3, 0.4) is 0 Å². The molecule has 0 unspecified atom stereocenters. The minimum Gasteiger partial charge on any atom is -0.147 e. The molecule has 8 aromatic carbocycles. The fourth-order valence-corrected chi connectivity index (χ4v) is 10.8. The molecule has 8 aromatic rings. The van der Waals surface area contributed by atoms with E-state index in [1.54, 1.807) is 0 Å². The molecule has 0 nitrogen and oxygen atoms in total. The minimum absolute atomic E-state index is 0.877. The summed E-state index contributed by atoms with van der Waals surface area (Å²) in [6.07, 6.45) is 0. The Hall–Kier alpha value is -4.15. The van der Waals surface area contributed by atoms with Gasteiger partial charge in [0, 0.05) is 0 Å². The third-order valence-electron chi connectivity index (χ3n) is 7.95. The van der Waals surface area contributed by atoms with E-state index in [9.17, 15) is 0 Å². The quantitative estimate of drug-likeness (QED) is 0.0895. The van der Waals surface area contributed by atoms with Gasteiger partial charge in [0.1, 0.15) is 31.8 Å². The maximum atomic E-state index is 3.69. The van der Waals surface area contributed by atoms with E-state index < -0.39 is 15.8 Å². The minimum atomic E-state index is -0.877. The van der Waals surface area contributed by atoms with Gasteiger partial charge in [-0.15, -0.1) is 47.2 Å². The van der Waals surface area contributed by atoms with Crippen LogP contribution in [-0.4, -0.2) is 0 Å². The van der Waals surface area contributed by atoms with Crippen LogP contribution in [0.2, 0.25) is 0 Å². The van der Waals surface area contributed by atoms with Crippen LogP contribution in [0.15, 0.2) is 224 Å². The molecule has 0 N–H and O–H groups in total. The normalized spacial score (nSPS) is 10.2. The van der Waals surface area contributed by atoms with Crippen molar-refractivity contribution in [3.63, 3.8) is 0 Å². The maximum Gasteiger partial charge on any atom is 0.102 e. The Morgan fingerprint density at radius 3 is 0.820 bits per heavy atom. The molecule has 0 saturated carbocycles. The summed E-state index contributed by atoms with van der Waals surface area (Å²) < 4.78 is 0. The topological polar surface area (TPSA) is 0 Å². The summed E-state index contributed by atoms with van der Waals surface area (Å²) in [5.41, 5.74) is 0. The molecule has 0 heterocycles. The van der Waals surface area contributed by atoms with Crippen molar-refractivity contribution >= 4 is 72.7 Å². The van der Waals surface area contributed by atoms with Crippen LogP contribution in [0.1, 0.15) is 0 Å². The molecule has 0 aliphatic carbocycles. The number of halogens is 1. The first-order valence-electron chi connectivity index (χ1n) is 16.4. The van der Waals surface area contributed by atoms with Gasteiger partial charge in [-0.05, 0) is 72.8 Å². The van der Waals surface area contributed by atoms with Gasteiger partial charge in [-0.25, -0.2) is 0 Å². The fraction of sp³-hybridized carbons (Fsp3) is 0. The summed E-state index contributed by atoms with van der Waals surface area (Å²) in [6.45, 7) is 0. The number of benzene rings is 8. The van der Waals surface area contributed by atoms with Crippen LogP contribution in [-0.2, 0) is 13.7 Å². The number of hydrogen-bond acceptors (Lipinski definition) is 0. The van der Waals surface area contributed by atoms with Gasteiger partial charge in [-0.2, -0.15) is 0 Å². The second-order valence-electron chi connectivity index (χ2n) is 11.2. The molecule has 249 valence electrons. The Kier molecular flexibility index (Phi) is 15.7. The van der Waals surface area contributed by atoms with Crippen LogP contribution in [0.25, 0.3) is 10.8 Å². The summed E-state index contributed by atoms with van der Waals surface area (Å²) in [4.78, 5) is 0. The summed E-state index contributed by atoms with van der Waals surface area (Å²) in [6, 6.07) is 82.4. The van der Waals surface area contributed by atoms with Gasteiger partial charge < -0.3 is 0 Å². The molecule has 0 aliphatic heterocycles. The molecule has 0 spiro atoms. The van der Waals surface area contributed by atoms with Crippen LogP contribution in [0.5, 0.6) is 0 Å². The van der Waals surface area contributed by atoms with Crippen molar-refractivity contribution in [1.29, 1.82) is 0 Å². The Morgan fingerprint density at radius 1 is 0.300 bits per heavy atom. The van der Waals surface area contributed by atoms with Crippen molar-refractivity contribution in [2.75, 3.05) is 0 Å². The maximum absolute atomic E-state index is 3.69. The van der Waals surface area contributed by atoms with Crippen molar-refractivity contribution in [2.45, 2.75) is 0 Å². The van der Waals surface area contributed by atoms with Crippen molar-refractivity contribution in [2.24, 2.45) is 0 Å². The zero-order valence-corrected chi connectivity index (χ0v) is 32.1. The first-order valence-corrected chi connectivity index (χ1v) is 21.8. The first-order chi connectivity index (χ1) is 24.9.